The minimum atomic E-state index is -0.525. The number of hydrogen-bond donors (Lipinski definition) is 2. The van der Waals surface area contributed by atoms with Crippen LogP contribution in [0.3, 0.4) is 0 Å². The fourth-order valence-corrected chi connectivity index (χ4v) is 3.24. The molecule has 3 aromatic heterocycles. The fourth-order valence-electron chi connectivity index (χ4n) is 2.15. The maximum atomic E-state index is 6.63. The van der Waals surface area contributed by atoms with Crippen molar-refractivity contribution in [3.8, 4) is 10.6 Å². The molecule has 0 saturated heterocycles. The van der Waals surface area contributed by atoms with E-state index in [1.165, 1.54) is 0 Å². The third-order valence-electron chi connectivity index (χ3n) is 3.44. The van der Waals surface area contributed by atoms with Gasteiger partial charge in [0.15, 0.2) is 0 Å². The van der Waals surface area contributed by atoms with Crippen molar-refractivity contribution in [1.82, 2.24) is 20.2 Å². The van der Waals surface area contributed by atoms with Gasteiger partial charge < -0.3 is 5.73 Å². The summed E-state index contributed by atoms with van der Waals surface area (Å²) in [6, 6.07) is 3.92. The number of nitrogens with zero attached hydrogens (tertiary/aromatic N) is 3. The van der Waals surface area contributed by atoms with E-state index in [2.05, 4.69) is 27.1 Å². The van der Waals surface area contributed by atoms with E-state index in [1.54, 1.807) is 29.9 Å². The Kier molecular flexibility index (Phi) is 3.33. The van der Waals surface area contributed by atoms with Gasteiger partial charge in [-0.2, -0.15) is 5.10 Å². The second-order valence-electron chi connectivity index (χ2n) is 4.58. The number of pyridine rings is 1. The first kappa shape index (κ1) is 13.0. The van der Waals surface area contributed by atoms with Crippen molar-refractivity contribution >= 4 is 11.3 Å². The lowest BCUT2D eigenvalue weighted by molar-refractivity contribution is 0.528. The zero-order valence-electron chi connectivity index (χ0n) is 11.1. The van der Waals surface area contributed by atoms with Crippen molar-refractivity contribution in [3.05, 3.63) is 53.6 Å². The SMILES string of the molecule is CCC(N)(c1ccncc1)c1cnc(-c2cn[nH]c2)s1. The lowest BCUT2D eigenvalue weighted by atomic mass is 9.88. The molecule has 0 spiro atoms. The fraction of sp³-hybridized carbons (Fsp3) is 0.214. The summed E-state index contributed by atoms with van der Waals surface area (Å²) < 4.78 is 0. The van der Waals surface area contributed by atoms with Crippen LogP contribution in [0.1, 0.15) is 23.8 Å². The van der Waals surface area contributed by atoms with Crippen LogP contribution in [0.4, 0.5) is 0 Å². The number of nitrogens with two attached hydrogens (primary N) is 1. The molecule has 0 aromatic carbocycles. The summed E-state index contributed by atoms with van der Waals surface area (Å²) in [5.74, 6) is 0. The van der Waals surface area contributed by atoms with Gasteiger partial charge in [0.1, 0.15) is 5.01 Å². The van der Waals surface area contributed by atoms with Gasteiger partial charge in [0.05, 0.1) is 11.7 Å². The smallest absolute Gasteiger partial charge is 0.126 e. The van der Waals surface area contributed by atoms with E-state index in [-0.39, 0.29) is 0 Å². The molecule has 1 atom stereocenters. The van der Waals surface area contributed by atoms with Crippen molar-refractivity contribution in [2.75, 3.05) is 0 Å². The number of H-pyrrole nitrogens is 1. The van der Waals surface area contributed by atoms with Gasteiger partial charge in [-0.15, -0.1) is 11.3 Å². The van der Waals surface area contributed by atoms with E-state index in [0.717, 1.165) is 27.4 Å². The van der Waals surface area contributed by atoms with Crippen molar-refractivity contribution in [2.45, 2.75) is 18.9 Å². The Morgan fingerprint density at radius 2 is 2.10 bits per heavy atom. The highest BCUT2D eigenvalue weighted by Crippen LogP contribution is 2.36. The second kappa shape index (κ2) is 5.15. The average Bonchev–Trinajstić information content (AvgIpc) is 3.18. The summed E-state index contributed by atoms with van der Waals surface area (Å²) in [7, 11) is 0. The maximum absolute atomic E-state index is 6.63. The van der Waals surface area contributed by atoms with Crippen molar-refractivity contribution in [2.24, 2.45) is 5.73 Å². The highest BCUT2D eigenvalue weighted by Gasteiger charge is 2.30. The Bertz CT molecular complexity index is 677. The predicted octanol–water partition coefficient (Wildman–Crippen LogP) is 2.54. The predicted molar refractivity (Wildman–Crippen MR) is 79.2 cm³/mol. The van der Waals surface area contributed by atoms with Crippen molar-refractivity contribution in [3.63, 3.8) is 0 Å². The zero-order chi connectivity index (χ0) is 14.0. The maximum Gasteiger partial charge on any atom is 0.126 e. The molecule has 20 heavy (non-hydrogen) atoms. The summed E-state index contributed by atoms with van der Waals surface area (Å²) >= 11 is 1.60. The van der Waals surface area contributed by atoms with Crippen molar-refractivity contribution < 1.29 is 0 Å². The minimum Gasteiger partial charge on any atom is -0.317 e. The van der Waals surface area contributed by atoms with Crippen LogP contribution in [0, 0.1) is 0 Å². The van der Waals surface area contributed by atoms with Gasteiger partial charge in [0, 0.05) is 35.2 Å². The van der Waals surface area contributed by atoms with E-state index < -0.39 is 5.54 Å². The number of rotatable bonds is 4. The van der Waals surface area contributed by atoms with Crippen LogP contribution in [0.15, 0.2) is 43.1 Å². The zero-order valence-corrected chi connectivity index (χ0v) is 11.9. The van der Waals surface area contributed by atoms with E-state index >= 15 is 0 Å². The molecule has 0 fully saturated rings. The van der Waals surface area contributed by atoms with Crippen LogP contribution in [0.25, 0.3) is 10.6 Å². The molecular formula is C14H15N5S. The first-order valence-corrected chi connectivity index (χ1v) is 7.20. The molecule has 0 saturated carbocycles. The minimum absolute atomic E-state index is 0.525. The Morgan fingerprint density at radius 3 is 2.75 bits per heavy atom. The van der Waals surface area contributed by atoms with E-state index in [1.807, 2.05) is 24.5 Å². The van der Waals surface area contributed by atoms with Crippen LogP contribution in [-0.4, -0.2) is 20.2 Å². The molecule has 102 valence electrons. The largest absolute Gasteiger partial charge is 0.317 e. The van der Waals surface area contributed by atoms with Gasteiger partial charge in [-0.3, -0.25) is 10.1 Å². The molecule has 0 bridgehead atoms. The molecule has 3 rings (SSSR count). The highest BCUT2D eigenvalue weighted by atomic mass is 32.1. The highest BCUT2D eigenvalue weighted by molar-refractivity contribution is 7.15. The molecule has 6 heteroatoms. The van der Waals surface area contributed by atoms with Crippen LogP contribution < -0.4 is 5.73 Å². The number of aromatic nitrogens is 4. The van der Waals surface area contributed by atoms with Gasteiger partial charge in [0.25, 0.3) is 0 Å². The summed E-state index contributed by atoms with van der Waals surface area (Å²) in [4.78, 5) is 9.56. The van der Waals surface area contributed by atoms with Crippen molar-refractivity contribution in [1.29, 1.82) is 0 Å². The van der Waals surface area contributed by atoms with Crippen LogP contribution in [-0.2, 0) is 5.54 Å². The molecule has 3 aromatic rings. The molecule has 0 radical (unpaired) electrons. The Morgan fingerprint density at radius 1 is 1.30 bits per heavy atom. The van der Waals surface area contributed by atoms with Gasteiger partial charge in [0.2, 0.25) is 0 Å². The Labute approximate surface area is 120 Å². The second-order valence-corrected chi connectivity index (χ2v) is 5.61. The summed E-state index contributed by atoms with van der Waals surface area (Å²) in [6.45, 7) is 2.08. The van der Waals surface area contributed by atoms with Gasteiger partial charge in [-0.25, -0.2) is 4.98 Å². The average molecular weight is 285 g/mol. The van der Waals surface area contributed by atoms with Gasteiger partial charge >= 0.3 is 0 Å². The molecular weight excluding hydrogens is 270 g/mol. The lowest BCUT2D eigenvalue weighted by Crippen LogP contribution is -2.36. The standard InChI is InChI=1S/C14H15N5S/c1-2-14(15,11-3-5-16-6-4-11)12-9-17-13(20-12)10-7-18-19-8-10/h3-9H,2,15H2,1H3,(H,18,19). The summed E-state index contributed by atoms with van der Waals surface area (Å²) in [5.41, 5.74) is 8.13. The monoisotopic (exact) mass is 285 g/mol. The third kappa shape index (κ3) is 2.13. The Hall–Kier alpha value is -2.05. The lowest BCUT2D eigenvalue weighted by Gasteiger charge is -2.26. The molecule has 3 heterocycles. The third-order valence-corrected chi connectivity index (χ3v) is 4.67. The summed E-state index contributed by atoms with van der Waals surface area (Å²) in [6.07, 6.45) is 9.79. The Balaban J connectivity index is 2.02. The summed E-state index contributed by atoms with van der Waals surface area (Å²) in [5, 5.41) is 7.67. The number of nitrogens with one attached hydrogen (secondary N) is 1. The van der Waals surface area contributed by atoms with Crippen LogP contribution in [0.5, 0.6) is 0 Å². The quantitative estimate of drug-likeness (QED) is 0.772. The number of hydrogen-bond acceptors (Lipinski definition) is 5. The van der Waals surface area contributed by atoms with Crippen LogP contribution >= 0.6 is 11.3 Å². The molecule has 5 nitrogen and oxygen atoms in total. The first-order valence-electron chi connectivity index (χ1n) is 6.39. The van der Waals surface area contributed by atoms with Gasteiger partial charge in [-0.1, -0.05) is 6.92 Å². The number of aromatic amines is 1. The molecule has 1 unspecified atom stereocenters. The van der Waals surface area contributed by atoms with Gasteiger partial charge in [-0.05, 0) is 24.1 Å². The number of thiazole rings is 1. The van der Waals surface area contributed by atoms with E-state index in [0.29, 0.717) is 0 Å². The molecule has 3 N–H and O–H groups in total. The van der Waals surface area contributed by atoms with Crippen LogP contribution in [0.2, 0.25) is 0 Å². The normalized spacial score (nSPS) is 14.1. The van der Waals surface area contributed by atoms with E-state index in [4.69, 9.17) is 5.73 Å². The molecule has 0 aliphatic rings. The molecule has 0 amide bonds. The molecule has 0 aliphatic heterocycles. The first-order chi connectivity index (χ1) is 9.74. The molecule has 0 aliphatic carbocycles. The topological polar surface area (TPSA) is 80.5 Å². The van der Waals surface area contributed by atoms with E-state index in [9.17, 15) is 0 Å².